The van der Waals surface area contributed by atoms with Crippen LogP contribution in [0.1, 0.15) is 60.7 Å². The Balaban J connectivity index is 1.77. The van der Waals surface area contributed by atoms with Crippen LogP contribution in [0.25, 0.3) is 0 Å². The number of amides is 3. The SMILES string of the molecule is CC1CCC(C(C)C)N(C(=O)CN2C(=O)c3ccccc3C2=O)CC1. The molecule has 1 aromatic carbocycles. The number of hydrogen-bond donors (Lipinski definition) is 0. The predicted molar refractivity (Wildman–Crippen MR) is 95.2 cm³/mol. The van der Waals surface area contributed by atoms with E-state index in [-0.39, 0.29) is 30.3 Å². The summed E-state index contributed by atoms with van der Waals surface area (Å²) < 4.78 is 0. The van der Waals surface area contributed by atoms with Crippen molar-refractivity contribution in [2.75, 3.05) is 13.1 Å². The van der Waals surface area contributed by atoms with E-state index in [9.17, 15) is 14.4 Å². The predicted octanol–water partition coefficient (Wildman–Crippen LogP) is 2.96. The third-order valence-electron chi connectivity index (χ3n) is 5.48. The minimum atomic E-state index is -0.363. The summed E-state index contributed by atoms with van der Waals surface area (Å²) in [6, 6.07) is 6.93. The van der Waals surface area contributed by atoms with E-state index in [1.165, 1.54) is 0 Å². The van der Waals surface area contributed by atoms with Crippen LogP contribution in [0.3, 0.4) is 0 Å². The van der Waals surface area contributed by atoms with E-state index in [1.54, 1.807) is 24.3 Å². The normalized spacial score (nSPS) is 23.8. The maximum atomic E-state index is 13.0. The molecule has 0 N–H and O–H groups in total. The molecule has 0 radical (unpaired) electrons. The van der Waals surface area contributed by atoms with Gasteiger partial charge in [-0.3, -0.25) is 19.3 Å². The fourth-order valence-electron chi connectivity index (χ4n) is 3.89. The number of nitrogens with zero attached hydrogens (tertiary/aromatic N) is 2. The molecule has 5 heteroatoms. The van der Waals surface area contributed by atoms with Crippen LogP contribution in [-0.4, -0.2) is 46.7 Å². The Morgan fingerprint density at radius 3 is 2.24 bits per heavy atom. The van der Waals surface area contributed by atoms with Gasteiger partial charge in [-0.25, -0.2) is 0 Å². The van der Waals surface area contributed by atoms with E-state index < -0.39 is 0 Å². The molecule has 1 fully saturated rings. The highest BCUT2D eigenvalue weighted by molar-refractivity contribution is 6.22. The summed E-state index contributed by atoms with van der Waals surface area (Å²) in [5.41, 5.74) is 0.787. The first-order valence-electron chi connectivity index (χ1n) is 9.14. The molecule has 2 atom stereocenters. The number of likely N-dealkylation sites (tertiary alicyclic amines) is 1. The van der Waals surface area contributed by atoms with Crippen LogP contribution in [0.5, 0.6) is 0 Å². The molecule has 2 aliphatic rings. The molecule has 0 bridgehead atoms. The molecule has 0 aliphatic carbocycles. The van der Waals surface area contributed by atoms with Gasteiger partial charge in [0.2, 0.25) is 5.91 Å². The summed E-state index contributed by atoms with van der Waals surface area (Å²) in [6.45, 7) is 7.01. The average Bonchev–Trinajstić information content (AvgIpc) is 2.74. The first kappa shape index (κ1) is 17.6. The van der Waals surface area contributed by atoms with E-state index in [0.717, 1.165) is 24.2 Å². The second kappa shape index (κ2) is 6.98. The maximum absolute atomic E-state index is 13.0. The molecule has 3 rings (SSSR count). The quantitative estimate of drug-likeness (QED) is 0.794. The zero-order chi connectivity index (χ0) is 18.1. The van der Waals surface area contributed by atoms with Crippen molar-refractivity contribution in [3.05, 3.63) is 35.4 Å². The molecular weight excluding hydrogens is 316 g/mol. The lowest BCUT2D eigenvalue weighted by Crippen LogP contribution is -2.48. The molecule has 5 nitrogen and oxygen atoms in total. The molecule has 134 valence electrons. The first-order valence-corrected chi connectivity index (χ1v) is 9.14. The zero-order valence-corrected chi connectivity index (χ0v) is 15.2. The Morgan fingerprint density at radius 2 is 1.68 bits per heavy atom. The van der Waals surface area contributed by atoms with Gasteiger partial charge in [0.15, 0.2) is 0 Å². The number of rotatable bonds is 3. The van der Waals surface area contributed by atoms with Gasteiger partial charge in [0, 0.05) is 12.6 Å². The van der Waals surface area contributed by atoms with Crippen molar-refractivity contribution < 1.29 is 14.4 Å². The van der Waals surface area contributed by atoms with Crippen LogP contribution in [0.2, 0.25) is 0 Å². The number of hydrogen-bond acceptors (Lipinski definition) is 3. The maximum Gasteiger partial charge on any atom is 0.262 e. The summed E-state index contributed by atoms with van der Waals surface area (Å²) in [4.78, 5) is 40.9. The molecule has 25 heavy (non-hydrogen) atoms. The summed E-state index contributed by atoms with van der Waals surface area (Å²) in [7, 11) is 0. The minimum Gasteiger partial charge on any atom is -0.338 e. The highest BCUT2D eigenvalue weighted by Gasteiger charge is 2.38. The van der Waals surface area contributed by atoms with Gasteiger partial charge in [0.05, 0.1) is 11.1 Å². The van der Waals surface area contributed by atoms with Crippen molar-refractivity contribution in [2.45, 2.75) is 46.1 Å². The molecule has 2 heterocycles. The Kier molecular flexibility index (Phi) is 4.93. The highest BCUT2D eigenvalue weighted by Crippen LogP contribution is 2.27. The number of benzene rings is 1. The van der Waals surface area contributed by atoms with Gasteiger partial charge in [-0.1, -0.05) is 32.9 Å². The molecule has 0 spiro atoms. The molecule has 2 unspecified atom stereocenters. The van der Waals surface area contributed by atoms with E-state index in [0.29, 0.717) is 29.5 Å². The summed E-state index contributed by atoms with van der Waals surface area (Å²) >= 11 is 0. The molecule has 0 saturated carbocycles. The van der Waals surface area contributed by atoms with Gasteiger partial charge >= 0.3 is 0 Å². The minimum absolute atomic E-state index is 0.123. The van der Waals surface area contributed by atoms with Gasteiger partial charge in [-0.05, 0) is 43.2 Å². The summed E-state index contributed by atoms with van der Waals surface area (Å²) in [5.74, 6) is 0.105. The van der Waals surface area contributed by atoms with Crippen molar-refractivity contribution in [2.24, 2.45) is 11.8 Å². The monoisotopic (exact) mass is 342 g/mol. The van der Waals surface area contributed by atoms with Crippen LogP contribution in [0, 0.1) is 11.8 Å². The van der Waals surface area contributed by atoms with Gasteiger partial charge in [0.25, 0.3) is 11.8 Å². The number of fused-ring (bicyclic) bond motifs is 1. The molecular formula is C20H26N2O3. The lowest BCUT2D eigenvalue weighted by Gasteiger charge is -2.33. The van der Waals surface area contributed by atoms with Crippen LogP contribution in [0.15, 0.2) is 24.3 Å². The van der Waals surface area contributed by atoms with Crippen LogP contribution >= 0.6 is 0 Å². The van der Waals surface area contributed by atoms with Gasteiger partial charge in [-0.15, -0.1) is 0 Å². The highest BCUT2D eigenvalue weighted by atomic mass is 16.2. The smallest absolute Gasteiger partial charge is 0.262 e. The fraction of sp³-hybridized carbons (Fsp3) is 0.550. The van der Waals surface area contributed by atoms with Gasteiger partial charge < -0.3 is 4.90 Å². The van der Waals surface area contributed by atoms with E-state index >= 15 is 0 Å². The van der Waals surface area contributed by atoms with Crippen molar-refractivity contribution in [1.82, 2.24) is 9.80 Å². The number of imide groups is 1. The first-order chi connectivity index (χ1) is 11.9. The summed E-state index contributed by atoms with van der Waals surface area (Å²) in [5, 5.41) is 0. The molecule has 1 saturated heterocycles. The lowest BCUT2D eigenvalue weighted by atomic mass is 9.95. The Bertz CT molecular complexity index is 663. The Hall–Kier alpha value is -2.17. The average molecular weight is 342 g/mol. The molecule has 3 amide bonds. The standard InChI is InChI=1S/C20H26N2O3/c1-13(2)17-9-8-14(3)10-11-21(17)18(23)12-22-19(24)15-6-4-5-7-16(15)20(22)25/h4-7,13-14,17H,8-12H2,1-3H3. The summed E-state index contributed by atoms with van der Waals surface area (Å²) in [6.07, 6.45) is 3.06. The van der Waals surface area contributed by atoms with Crippen LogP contribution in [-0.2, 0) is 4.79 Å². The fourth-order valence-corrected chi connectivity index (χ4v) is 3.89. The Labute approximate surface area is 149 Å². The Morgan fingerprint density at radius 1 is 1.08 bits per heavy atom. The molecule has 2 aliphatic heterocycles. The second-order valence-electron chi connectivity index (χ2n) is 7.61. The van der Waals surface area contributed by atoms with Crippen molar-refractivity contribution >= 4 is 17.7 Å². The largest absolute Gasteiger partial charge is 0.338 e. The second-order valence-corrected chi connectivity index (χ2v) is 7.61. The van der Waals surface area contributed by atoms with Gasteiger partial charge in [0.1, 0.15) is 6.54 Å². The lowest BCUT2D eigenvalue weighted by molar-refractivity contribution is -0.134. The van der Waals surface area contributed by atoms with Crippen molar-refractivity contribution in [3.8, 4) is 0 Å². The van der Waals surface area contributed by atoms with Crippen LogP contribution in [0.4, 0.5) is 0 Å². The van der Waals surface area contributed by atoms with E-state index in [2.05, 4.69) is 20.8 Å². The molecule has 1 aromatic rings. The van der Waals surface area contributed by atoms with Gasteiger partial charge in [-0.2, -0.15) is 0 Å². The van der Waals surface area contributed by atoms with Crippen molar-refractivity contribution in [3.63, 3.8) is 0 Å². The van der Waals surface area contributed by atoms with E-state index in [4.69, 9.17) is 0 Å². The third-order valence-corrected chi connectivity index (χ3v) is 5.48. The zero-order valence-electron chi connectivity index (χ0n) is 15.2. The third kappa shape index (κ3) is 3.32. The van der Waals surface area contributed by atoms with Crippen molar-refractivity contribution in [1.29, 1.82) is 0 Å². The van der Waals surface area contributed by atoms with Crippen LogP contribution < -0.4 is 0 Å². The van der Waals surface area contributed by atoms with E-state index in [1.807, 2.05) is 4.90 Å². The number of carbonyl (C=O) groups is 3. The number of carbonyl (C=O) groups excluding carboxylic acids is 3. The topological polar surface area (TPSA) is 57.7 Å². The molecule has 0 aromatic heterocycles.